The van der Waals surface area contributed by atoms with Crippen molar-refractivity contribution in [3.63, 3.8) is 0 Å². The summed E-state index contributed by atoms with van der Waals surface area (Å²) in [6, 6.07) is 6.86. The average molecular weight is 851 g/mol. The van der Waals surface area contributed by atoms with Gasteiger partial charge in [-0.1, -0.05) is 95.6 Å². The second-order valence-electron chi connectivity index (χ2n) is 14.4. The number of aryl methyl sites for hydroxylation is 1. The summed E-state index contributed by atoms with van der Waals surface area (Å²) in [6.07, 6.45) is 21.8. The number of rotatable bonds is 39. The number of nitrogens with zero attached hydrogens (tertiary/aromatic N) is 2. The fraction of sp³-hybridized carbons (Fsp3) is 0.667. The summed E-state index contributed by atoms with van der Waals surface area (Å²) in [5, 5.41) is 19.8. The molecule has 0 atom stereocenters. The normalized spacial score (nSPS) is 11.4. The van der Waals surface area contributed by atoms with Crippen molar-refractivity contribution >= 4 is 39.6 Å². The Morgan fingerprint density at radius 1 is 0.593 bits per heavy atom. The van der Waals surface area contributed by atoms with E-state index < -0.39 is 27.9 Å². The number of amides is 1. The first-order valence-electron chi connectivity index (χ1n) is 21.0. The van der Waals surface area contributed by atoms with Crippen LogP contribution in [-0.4, -0.2) is 112 Å². The van der Waals surface area contributed by atoms with Crippen molar-refractivity contribution in [2.24, 2.45) is 0 Å². The molecule has 1 amide bonds. The standard InChI is InChI=1S/C42H66N4O12S/c47-37(20-17-24-55-26-29-58-34-40(50)51)33-57-28-27-56-25-23-43-41(52)36-31-44-42(45-32-36)46-59(53,54)38-21-16-19-35(30-38)18-14-12-10-8-6-4-2-1-3-5-7-9-11-13-15-22-39(48)49/h16,19,21,30-32H,1-15,17-18,20,22-29,33-34H2,(H,43,52)(H,48,49)(H,50,51)(H,44,45,46). The highest BCUT2D eigenvalue weighted by Crippen LogP contribution is 2.18. The number of unbranched alkanes of at least 4 members (excludes halogenated alkanes) is 14. The zero-order valence-corrected chi connectivity index (χ0v) is 35.4. The van der Waals surface area contributed by atoms with E-state index in [1.807, 2.05) is 6.07 Å². The van der Waals surface area contributed by atoms with Gasteiger partial charge in [0.05, 0.1) is 43.5 Å². The summed E-state index contributed by atoms with van der Waals surface area (Å²) in [5.41, 5.74) is 1.10. The molecule has 16 nitrogen and oxygen atoms in total. The Kier molecular flexibility index (Phi) is 28.4. The lowest BCUT2D eigenvalue weighted by Crippen LogP contribution is -2.28. The summed E-state index contributed by atoms with van der Waals surface area (Å²) >= 11 is 0. The number of aliphatic carboxylic acids is 2. The van der Waals surface area contributed by atoms with E-state index in [2.05, 4.69) is 20.0 Å². The molecule has 0 unspecified atom stereocenters. The molecule has 1 aromatic carbocycles. The minimum Gasteiger partial charge on any atom is -0.481 e. The van der Waals surface area contributed by atoms with E-state index in [1.54, 1.807) is 12.1 Å². The lowest BCUT2D eigenvalue weighted by molar-refractivity contribution is -0.143. The SMILES string of the molecule is O=C(O)CCCCCCCCCCCCCCCCCc1cccc(S(=O)(=O)Nc2ncc(C(=O)NCCOCCOCC(=O)CCCOCCOCC(=O)O)cn2)c1. The predicted octanol–water partition coefficient (Wildman–Crippen LogP) is 6.38. The van der Waals surface area contributed by atoms with Crippen LogP contribution < -0.4 is 10.0 Å². The maximum absolute atomic E-state index is 13.1. The zero-order chi connectivity index (χ0) is 42.8. The lowest BCUT2D eigenvalue weighted by atomic mass is 10.0. The number of aromatic nitrogens is 2. The third kappa shape index (κ3) is 27.4. The van der Waals surface area contributed by atoms with Crippen molar-refractivity contribution in [3.05, 3.63) is 47.8 Å². The van der Waals surface area contributed by atoms with Crippen LogP contribution in [0.4, 0.5) is 5.95 Å². The van der Waals surface area contributed by atoms with E-state index in [1.165, 1.54) is 82.7 Å². The number of ketones is 1. The highest BCUT2D eigenvalue weighted by Gasteiger charge is 2.17. The summed E-state index contributed by atoms with van der Waals surface area (Å²) in [7, 11) is -3.94. The van der Waals surface area contributed by atoms with E-state index in [9.17, 15) is 27.6 Å². The number of carboxylic acid groups (broad SMARTS) is 2. The number of sulfonamides is 1. The number of ether oxygens (including phenoxy) is 4. The number of carbonyl (C=O) groups excluding carboxylic acids is 2. The van der Waals surface area contributed by atoms with Crippen LogP contribution in [0.5, 0.6) is 0 Å². The highest BCUT2D eigenvalue weighted by atomic mass is 32.2. The van der Waals surface area contributed by atoms with Gasteiger partial charge in [0.25, 0.3) is 15.9 Å². The van der Waals surface area contributed by atoms with E-state index in [-0.39, 0.29) is 81.4 Å². The molecule has 0 aliphatic heterocycles. The molecule has 0 bridgehead atoms. The number of carboxylic acids is 2. The molecular formula is C42H66N4O12S. The number of hydrogen-bond acceptors (Lipinski definition) is 12. The summed E-state index contributed by atoms with van der Waals surface area (Å²) in [4.78, 5) is 53.4. The molecule has 0 radical (unpaired) electrons. The number of hydrogen-bond donors (Lipinski definition) is 4. The zero-order valence-electron chi connectivity index (χ0n) is 34.5. The molecule has 17 heteroatoms. The van der Waals surface area contributed by atoms with Gasteiger partial charge in [0.15, 0.2) is 5.78 Å². The molecule has 2 aromatic rings. The Bertz CT molecular complexity index is 1580. The quantitative estimate of drug-likeness (QED) is 0.0536. The van der Waals surface area contributed by atoms with Crippen molar-refractivity contribution in [2.45, 2.75) is 127 Å². The van der Waals surface area contributed by atoms with E-state index >= 15 is 0 Å². The Hall–Kier alpha value is -4.03. The summed E-state index contributed by atoms with van der Waals surface area (Å²) in [6.45, 7) is 1.21. The molecule has 0 aliphatic carbocycles. The number of nitrogens with one attached hydrogen (secondary N) is 2. The van der Waals surface area contributed by atoms with Crippen molar-refractivity contribution in [1.82, 2.24) is 15.3 Å². The van der Waals surface area contributed by atoms with Gasteiger partial charge in [-0.2, -0.15) is 0 Å². The number of carbonyl (C=O) groups is 4. The summed E-state index contributed by atoms with van der Waals surface area (Å²) in [5.74, 6) is -2.41. The van der Waals surface area contributed by atoms with E-state index in [4.69, 9.17) is 29.2 Å². The average Bonchev–Trinajstić information content (AvgIpc) is 3.21. The fourth-order valence-corrected chi connectivity index (χ4v) is 7.04. The number of Topliss-reactive ketones (excluding diaryl/α,β-unsaturated/α-hetero) is 1. The van der Waals surface area contributed by atoms with E-state index in [0.717, 1.165) is 44.1 Å². The second kappa shape index (κ2) is 32.8. The van der Waals surface area contributed by atoms with Gasteiger partial charge in [-0.25, -0.2) is 27.9 Å². The molecule has 332 valence electrons. The molecule has 0 aliphatic rings. The number of benzene rings is 1. The third-order valence-corrected chi connectivity index (χ3v) is 10.5. The summed E-state index contributed by atoms with van der Waals surface area (Å²) < 4.78 is 49.4. The molecule has 4 N–H and O–H groups in total. The van der Waals surface area contributed by atoms with Crippen LogP contribution in [0.1, 0.15) is 131 Å². The minimum absolute atomic E-state index is 0.0487. The highest BCUT2D eigenvalue weighted by molar-refractivity contribution is 7.92. The largest absolute Gasteiger partial charge is 0.481 e. The lowest BCUT2D eigenvalue weighted by Gasteiger charge is -2.09. The maximum Gasteiger partial charge on any atom is 0.329 e. The Labute approximate surface area is 349 Å². The maximum atomic E-state index is 13.1. The smallest absolute Gasteiger partial charge is 0.329 e. The molecule has 1 heterocycles. The first-order chi connectivity index (χ1) is 28.6. The molecule has 0 spiro atoms. The number of anilines is 1. The Morgan fingerprint density at radius 3 is 1.73 bits per heavy atom. The molecule has 2 rings (SSSR count). The topological polar surface area (TPSA) is 230 Å². The van der Waals surface area contributed by atoms with Gasteiger partial charge < -0.3 is 34.5 Å². The molecule has 0 saturated heterocycles. The molecule has 0 fully saturated rings. The van der Waals surface area contributed by atoms with Gasteiger partial charge >= 0.3 is 11.9 Å². The van der Waals surface area contributed by atoms with Gasteiger partial charge in [0.2, 0.25) is 5.95 Å². The van der Waals surface area contributed by atoms with Gasteiger partial charge in [0.1, 0.15) is 13.2 Å². The Balaban J connectivity index is 1.50. The van der Waals surface area contributed by atoms with Crippen LogP contribution in [0.2, 0.25) is 0 Å². The van der Waals surface area contributed by atoms with Crippen molar-refractivity contribution < 1.29 is 56.8 Å². The van der Waals surface area contributed by atoms with E-state index in [0.29, 0.717) is 19.4 Å². The van der Waals surface area contributed by atoms with Crippen molar-refractivity contribution in [1.29, 1.82) is 0 Å². The van der Waals surface area contributed by atoms with Gasteiger partial charge in [-0.15, -0.1) is 0 Å². The van der Waals surface area contributed by atoms with Gasteiger partial charge in [-0.05, 0) is 43.4 Å². The second-order valence-corrected chi connectivity index (χ2v) is 16.0. The molecular weight excluding hydrogens is 785 g/mol. The predicted molar refractivity (Wildman–Crippen MR) is 222 cm³/mol. The van der Waals surface area contributed by atoms with Crippen LogP contribution >= 0.6 is 0 Å². The van der Waals surface area contributed by atoms with Crippen LogP contribution in [0.3, 0.4) is 0 Å². The first kappa shape index (κ1) is 51.1. The first-order valence-corrected chi connectivity index (χ1v) is 22.5. The fourth-order valence-electron chi connectivity index (χ4n) is 6.02. The Morgan fingerprint density at radius 2 is 1.14 bits per heavy atom. The minimum atomic E-state index is -3.94. The monoisotopic (exact) mass is 850 g/mol. The van der Waals surface area contributed by atoms with Crippen LogP contribution in [0, 0.1) is 0 Å². The molecule has 0 saturated carbocycles. The molecule has 59 heavy (non-hydrogen) atoms. The van der Waals surface area contributed by atoms with Crippen molar-refractivity contribution in [3.8, 4) is 0 Å². The van der Waals surface area contributed by atoms with Gasteiger partial charge in [0, 0.05) is 38.4 Å². The third-order valence-electron chi connectivity index (χ3n) is 9.21. The van der Waals surface area contributed by atoms with Crippen molar-refractivity contribution in [2.75, 3.05) is 64.1 Å². The van der Waals surface area contributed by atoms with Crippen LogP contribution in [-0.2, 0) is 49.8 Å². The van der Waals surface area contributed by atoms with Crippen LogP contribution in [0.25, 0.3) is 0 Å². The molecule has 1 aromatic heterocycles. The van der Waals surface area contributed by atoms with Crippen LogP contribution in [0.15, 0.2) is 41.6 Å². The van der Waals surface area contributed by atoms with Gasteiger partial charge in [-0.3, -0.25) is 14.4 Å².